The summed E-state index contributed by atoms with van der Waals surface area (Å²) in [5, 5.41) is 15.0. The lowest BCUT2D eigenvalue weighted by Crippen LogP contribution is -2.43. The van der Waals surface area contributed by atoms with E-state index in [0.29, 0.717) is 17.5 Å². The van der Waals surface area contributed by atoms with E-state index in [2.05, 4.69) is 20.7 Å². The van der Waals surface area contributed by atoms with Crippen LogP contribution >= 0.6 is 0 Å². The molecule has 0 radical (unpaired) electrons. The van der Waals surface area contributed by atoms with E-state index >= 15 is 0 Å². The van der Waals surface area contributed by atoms with Crippen LogP contribution in [0.3, 0.4) is 0 Å². The third-order valence-corrected chi connectivity index (χ3v) is 4.41. The molecule has 1 N–H and O–H groups in total. The van der Waals surface area contributed by atoms with Gasteiger partial charge in [-0.15, -0.1) is 10.2 Å². The van der Waals surface area contributed by atoms with Crippen molar-refractivity contribution in [2.45, 2.75) is 38.1 Å². The maximum absolute atomic E-state index is 12.3. The Kier molecular flexibility index (Phi) is 4.05. The zero-order chi connectivity index (χ0) is 17.2. The van der Waals surface area contributed by atoms with Crippen molar-refractivity contribution in [3.05, 3.63) is 53.9 Å². The Hall–Kier alpha value is -2.96. The second kappa shape index (κ2) is 6.51. The fraction of sp³-hybridized carbons (Fsp3) is 0.333. The average Bonchev–Trinajstić information content (AvgIpc) is 3.27. The van der Waals surface area contributed by atoms with Crippen LogP contribution in [0.25, 0.3) is 11.3 Å². The van der Waals surface area contributed by atoms with Gasteiger partial charge in [0.1, 0.15) is 5.69 Å². The minimum absolute atomic E-state index is 0.0831. The number of hydrogen-bond acceptors (Lipinski definition) is 6. The molecule has 1 amide bonds. The summed E-state index contributed by atoms with van der Waals surface area (Å²) in [5.74, 6) is 1.49. The number of rotatable bonds is 5. The minimum Gasteiger partial charge on any atom is -0.425 e. The fourth-order valence-corrected chi connectivity index (χ4v) is 2.90. The third-order valence-electron chi connectivity index (χ3n) is 4.41. The van der Waals surface area contributed by atoms with Gasteiger partial charge in [0.15, 0.2) is 0 Å². The van der Waals surface area contributed by atoms with E-state index < -0.39 is 0 Å². The van der Waals surface area contributed by atoms with Crippen LogP contribution in [0.15, 0.2) is 45.3 Å². The monoisotopic (exact) mass is 338 g/mol. The van der Waals surface area contributed by atoms with Crippen molar-refractivity contribution in [1.29, 1.82) is 0 Å². The van der Waals surface area contributed by atoms with Gasteiger partial charge in [-0.05, 0) is 12.8 Å². The lowest BCUT2D eigenvalue weighted by atomic mass is 9.80. The first-order valence-electron chi connectivity index (χ1n) is 8.38. The summed E-state index contributed by atoms with van der Waals surface area (Å²) in [4.78, 5) is 12.3. The van der Waals surface area contributed by atoms with Crippen molar-refractivity contribution in [2.75, 3.05) is 0 Å². The maximum Gasteiger partial charge on any atom is 0.290 e. The van der Waals surface area contributed by atoms with Gasteiger partial charge in [-0.25, -0.2) is 0 Å². The van der Waals surface area contributed by atoms with Gasteiger partial charge in [0.05, 0.1) is 0 Å². The van der Waals surface area contributed by atoms with Gasteiger partial charge >= 0.3 is 0 Å². The summed E-state index contributed by atoms with van der Waals surface area (Å²) in [5.41, 5.74) is 1.56. The quantitative estimate of drug-likeness (QED) is 0.768. The molecule has 2 heterocycles. The number of carbonyl (C=O) groups excluding carboxylic acids is 1. The number of hydrogen-bond donors (Lipinski definition) is 1. The fourth-order valence-electron chi connectivity index (χ4n) is 2.90. The Balaban J connectivity index is 1.34. The molecule has 0 aliphatic heterocycles. The average molecular weight is 338 g/mol. The van der Waals surface area contributed by atoms with Crippen molar-refractivity contribution in [2.24, 2.45) is 0 Å². The maximum atomic E-state index is 12.3. The highest BCUT2D eigenvalue weighted by molar-refractivity contribution is 5.92. The molecule has 0 spiro atoms. The van der Waals surface area contributed by atoms with E-state index in [1.807, 2.05) is 37.3 Å². The molecule has 1 aromatic carbocycles. The standard InChI is InChI=1S/C18H18N4O3/c1-2-16-20-21-18(24-16)12-8-13(9-12)19-17(23)15-10-14(22-25-15)11-6-4-3-5-7-11/h3-7,10,12-13H,2,8-9H2,1H3,(H,19,23). The molecule has 3 aromatic rings. The van der Waals surface area contributed by atoms with Crippen molar-refractivity contribution in [1.82, 2.24) is 20.7 Å². The lowest BCUT2D eigenvalue weighted by Gasteiger charge is -2.33. The summed E-state index contributed by atoms with van der Waals surface area (Å²) < 4.78 is 10.7. The van der Waals surface area contributed by atoms with Crippen LogP contribution in [0.5, 0.6) is 0 Å². The van der Waals surface area contributed by atoms with Gasteiger partial charge in [-0.1, -0.05) is 42.4 Å². The van der Waals surface area contributed by atoms with Gasteiger partial charge in [0, 0.05) is 30.0 Å². The molecule has 0 unspecified atom stereocenters. The Bertz CT molecular complexity index is 865. The van der Waals surface area contributed by atoms with Crippen LogP contribution in [0.2, 0.25) is 0 Å². The number of nitrogens with zero attached hydrogens (tertiary/aromatic N) is 3. The first-order valence-corrected chi connectivity index (χ1v) is 8.38. The van der Waals surface area contributed by atoms with E-state index in [0.717, 1.165) is 24.8 Å². The molecule has 2 aromatic heterocycles. The van der Waals surface area contributed by atoms with Crippen LogP contribution in [0.4, 0.5) is 0 Å². The Morgan fingerprint density at radius 1 is 1.24 bits per heavy atom. The molecule has 0 atom stereocenters. The van der Waals surface area contributed by atoms with Gasteiger partial charge in [-0.2, -0.15) is 0 Å². The summed E-state index contributed by atoms with van der Waals surface area (Å²) in [6.45, 7) is 1.97. The highest BCUT2D eigenvalue weighted by Gasteiger charge is 2.35. The van der Waals surface area contributed by atoms with Crippen LogP contribution in [-0.2, 0) is 6.42 Å². The molecule has 1 aliphatic rings. The van der Waals surface area contributed by atoms with Crippen molar-refractivity contribution in [3.8, 4) is 11.3 Å². The molecule has 25 heavy (non-hydrogen) atoms. The number of benzene rings is 1. The molecule has 128 valence electrons. The number of carbonyl (C=O) groups is 1. The van der Waals surface area contributed by atoms with E-state index in [4.69, 9.17) is 8.94 Å². The minimum atomic E-state index is -0.252. The highest BCUT2D eigenvalue weighted by atomic mass is 16.5. The molecular weight excluding hydrogens is 320 g/mol. The number of amides is 1. The molecule has 0 saturated heterocycles. The summed E-state index contributed by atoms with van der Waals surface area (Å²) in [7, 11) is 0. The van der Waals surface area contributed by atoms with E-state index in [-0.39, 0.29) is 23.6 Å². The smallest absolute Gasteiger partial charge is 0.290 e. The van der Waals surface area contributed by atoms with Gasteiger partial charge in [0.2, 0.25) is 17.5 Å². The molecule has 4 rings (SSSR count). The Morgan fingerprint density at radius 3 is 2.76 bits per heavy atom. The zero-order valence-corrected chi connectivity index (χ0v) is 13.8. The van der Waals surface area contributed by atoms with Crippen molar-refractivity contribution < 1.29 is 13.7 Å². The second-order valence-electron chi connectivity index (χ2n) is 6.17. The number of nitrogens with one attached hydrogen (secondary N) is 1. The molecule has 7 heteroatoms. The second-order valence-corrected chi connectivity index (χ2v) is 6.17. The van der Waals surface area contributed by atoms with Crippen molar-refractivity contribution >= 4 is 5.91 Å². The largest absolute Gasteiger partial charge is 0.425 e. The van der Waals surface area contributed by atoms with Crippen LogP contribution in [-0.4, -0.2) is 27.3 Å². The first-order chi connectivity index (χ1) is 12.2. The van der Waals surface area contributed by atoms with Crippen molar-refractivity contribution in [3.63, 3.8) is 0 Å². The van der Waals surface area contributed by atoms with Gasteiger partial charge in [0.25, 0.3) is 5.91 Å². The van der Waals surface area contributed by atoms with E-state index in [1.165, 1.54) is 0 Å². The molecule has 1 saturated carbocycles. The highest BCUT2D eigenvalue weighted by Crippen LogP contribution is 2.36. The normalized spacial score (nSPS) is 19.4. The lowest BCUT2D eigenvalue weighted by molar-refractivity contribution is 0.0865. The first kappa shape index (κ1) is 15.6. The third kappa shape index (κ3) is 3.17. The van der Waals surface area contributed by atoms with Crippen LogP contribution < -0.4 is 5.32 Å². The van der Waals surface area contributed by atoms with Gasteiger partial charge < -0.3 is 14.3 Å². The van der Waals surface area contributed by atoms with Crippen LogP contribution in [0.1, 0.15) is 48.0 Å². The number of aryl methyl sites for hydroxylation is 1. The van der Waals surface area contributed by atoms with Gasteiger partial charge in [-0.3, -0.25) is 4.79 Å². The summed E-state index contributed by atoms with van der Waals surface area (Å²) in [6.07, 6.45) is 2.31. The predicted octanol–water partition coefficient (Wildman–Crippen LogP) is 2.96. The summed E-state index contributed by atoms with van der Waals surface area (Å²) in [6, 6.07) is 11.3. The molecule has 0 bridgehead atoms. The van der Waals surface area contributed by atoms with E-state index in [9.17, 15) is 4.79 Å². The Labute approximate surface area is 144 Å². The topological polar surface area (TPSA) is 94.1 Å². The van der Waals surface area contributed by atoms with E-state index in [1.54, 1.807) is 6.07 Å². The predicted molar refractivity (Wildman–Crippen MR) is 88.8 cm³/mol. The van der Waals surface area contributed by atoms with Crippen LogP contribution in [0, 0.1) is 0 Å². The molecule has 7 nitrogen and oxygen atoms in total. The SMILES string of the molecule is CCc1nnc(C2CC(NC(=O)c3cc(-c4ccccc4)no3)C2)o1. The summed E-state index contributed by atoms with van der Waals surface area (Å²) >= 11 is 0. The Morgan fingerprint density at radius 2 is 2.04 bits per heavy atom. The molecular formula is C18H18N4O3. The molecule has 1 fully saturated rings. The zero-order valence-electron chi connectivity index (χ0n) is 13.8. The molecule has 1 aliphatic carbocycles. The number of aromatic nitrogens is 3.